The fraction of sp³-hybridized carbons (Fsp3) is 1.00. The molecule has 1 heterocycles. The highest BCUT2D eigenvalue weighted by Crippen LogP contribution is 2.48. The maximum absolute atomic E-state index is 6.24. The van der Waals surface area contributed by atoms with Crippen LogP contribution in [0.4, 0.5) is 0 Å². The minimum Gasteiger partial charge on any atom is -0.375 e. The van der Waals surface area contributed by atoms with E-state index in [9.17, 15) is 0 Å². The van der Waals surface area contributed by atoms with Crippen molar-refractivity contribution in [1.29, 1.82) is 0 Å². The van der Waals surface area contributed by atoms with E-state index in [1.54, 1.807) is 0 Å². The molecular formula is C18H33NO. The summed E-state index contributed by atoms with van der Waals surface area (Å²) in [6.07, 6.45) is 13.6. The minimum absolute atomic E-state index is 0.279. The molecule has 0 bridgehead atoms. The van der Waals surface area contributed by atoms with Crippen LogP contribution in [0.15, 0.2) is 0 Å². The van der Waals surface area contributed by atoms with Gasteiger partial charge in [-0.1, -0.05) is 32.6 Å². The molecule has 3 aliphatic rings. The van der Waals surface area contributed by atoms with Crippen LogP contribution in [-0.4, -0.2) is 18.8 Å². The van der Waals surface area contributed by atoms with Crippen LogP contribution in [0.1, 0.15) is 71.1 Å². The zero-order valence-corrected chi connectivity index (χ0v) is 13.3. The molecule has 4 unspecified atom stereocenters. The van der Waals surface area contributed by atoms with Crippen molar-refractivity contribution in [3.05, 3.63) is 0 Å². The average molecular weight is 279 g/mol. The van der Waals surface area contributed by atoms with Crippen molar-refractivity contribution < 1.29 is 4.74 Å². The lowest BCUT2D eigenvalue weighted by Crippen LogP contribution is -2.43. The summed E-state index contributed by atoms with van der Waals surface area (Å²) in [5, 5.41) is 0. The van der Waals surface area contributed by atoms with Gasteiger partial charge in [0.25, 0.3) is 0 Å². The molecule has 0 amide bonds. The molecule has 116 valence electrons. The summed E-state index contributed by atoms with van der Waals surface area (Å²) in [5.41, 5.74) is 6.38. The monoisotopic (exact) mass is 279 g/mol. The van der Waals surface area contributed by atoms with Crippen molar-refractivity contribution in [3.8, 4) is 0 Å². The fourth-order valence-electron chi connectivity index (χ4n) is 5.40. The van der Waals surface area contributed by atoms with Gasteiger partial charge in [0.1, 0.15) is 0 Å². The Morgan fingerprint density at radius 3 is 2.65 bits per heavy atom. The summed E-state index contributed by atoms with van der Waals surface area (Å²) in [4.78, 5) is 0. The molecule has 2 aliphatic carbocycles. The van der Waals surface area contributed by atoms with Gasteiger partial charge in [0.2, 0.25) is 0 Å². The van der Waals surface area contributed by atoms with Crippen molar-refractivity contribution in [2.75, 3.05) is 13.2 Å². The van der Waals surface area contributed by atoms with E-state index in [0.29, 0.717) is 0 Å². The van der Waals surface area contributed by atoms with E-state index in [1.165, 1.54) is 64.2 Å². The van der Waals surface area contributed by atoms with E-state index in [4.69, 9.17) is 10.5 Å². The van der Waals surface area contributed by atoms with Crippen molar-refractivity contribution in [1.82, 2.24) is 0 Å². The third kappa shape index (κ3) is 2.92. The molecule has 3 rings (SSSR count). The molecule has 2 N–H and O–H groups in total. The predicted octanol–water partition coefficient (Wildman–Crippen LogP) is 4.13. The lowest BCUT2D eigenvalue weighted by Gasteiger charge is -2.46. The van der Waals surface area contributed by atoms with Gasteiger partial charge < -0.3 is 10.5 Å². The van der Waals surface area contributed by atoms with E-state index in [0.717, 1.165) is 36.8 Å². The Balaban J connectivity index is 1.68. The first kappa shape index (κ1) is 14.8. The third-order valence-corrected chi connectivity index (χ3v) is 6.69. The molecule has 0 aromatic rings. The second-order valence-corrected chi connectivity index (χ2v) is 7.74. The zero-order chi connectivity index (χ0) is 14.0. The van der Waals surface area contributed by atoms with Gasteiger partial charge in [-0.25, -0.2) is 0 Å². The maximum atomic E-state index is 6.24. The first-order chi connectivity index (χ1) is 9.76. The highest BCUT2D eigenvalue weighted by molar-refractivity contribution is 4.95. The summed E-state index contributed by atoms with van der Waals surface area (Å²) >= 11 is 0. The molecule has 3 fully saturated rings. The SMILES string of the molecule is CCC1CCC(CN)C(C2CCOC3(CCCC3)C2)C1. The molecule has 1 aliphatic heterocycles. The maximum Gasteiger partial charge on any atom is 0.0685 e. The van der Waals surface area contributed by atoms with Crippen LogP contribution >= 0.6 is 0 Å². The number of ether oxygens (including phenoxy) is 1. The summed E-state index contributed by atoms with van der Waals surface area (Å²) < 4.78 is 6.24. The molecule has 1 spiro atoms. The van der Waals surface area contributed by atoms with Crippen LogP contribution in [0.25, 0.3) is 0 Å². The van der Waals surface area contributed by atoms with E-state index in [-0.39, 0.29) is 5.60 Å². The molecule has 20 heavy (non-hydrogen) atoms. The zero-order valence-electron chi connectivity index (χ0n) is 13.3. The minimum atomic E-state index is 0.279. The van der Waals surface area contributed by atoms with Crippen LogP contribution in [0.3, 0.4) is 0 Å². The summed E-state index contributed by atoms with van der Waals surface area (Å²) in [5.74, 6) is 3.54. The first-order valence-electron chi connectivity index (χ1n) is 9.10. The largest absolute Gasteiger partial charge is 0.375 e. The Bertz CT molecular complexity index is 311. The van der Waals surface area contributed by atoms with Crippen LogP contribution < -0.4 is 5.73 Å². The second kappa shape index (κ2) is 6.36. The molecule has 0 aromatic carbocycles. The third-order valence-electron chi connectivity index (χ3n) is 6.69. The molecule has 2 saturated carbocycles. The Labute approximate surface area is 124 Å². The van der Waals surface area contributed by atoms with Crippen LogP contribution in [0, 0.1) is 23.7 Å². The summed E-state index contributed by atoms with van der Waals surface area (Å²) in [7, 11) is 0. The topological polar surface area (TPSA) is 35.2 Å². The Morgan fingerprint density at radius 1 is 1.15 bits per heavy atom. The second-order valence-electron chi connectivity index (χ2n) is 7.74. The van der Waals surface area contributed by atoms with Gasteiger partial charge in [-0.2, -0.15) is 0 Å². The van der Waals surface area contributed by atoms with E-state index < -0.39 is 0 Å². The highest BCUT2D eigenvalue weighted by atomic mass is 16.5. The normalized spacial score (nSPS) is 41.1. The quantitative estimate of drug-likeness (QED) is 0.843. The molecule has 2 heteroatoms. The Hall–Kier alpha value is -0.0800. The van der Waals surface area contributed by atoms with Gasteiger partial charge in [0.05, 0.1) is 5.60 Å². The highest BCUT2D eigenvalue weighted by Gasteiger charge is 2.44. The van der Waals surface area contributed by atoms with Crippen molar-refractivity contribution in [3.63, 3.8) is 0 Å². The fourth-order valence-corrected chi connectivity index (χ4v) is 5.40. The van der Waals surface area contributed by atoms with Gasteiger partial charge in [0.15, 0.2) is 0 Å². The van der Waals surface area contributed by atoms with Gasteiger partial charge in [-0.15, -0.1) is 0 Å². The average Bonchev–Trinajstić information content (AvgIpc) is 2.94. The van der Waals surface area contributed by atoms with Gasteiger partial charge in [-0.3, -0.25) is 0 Å². The molecule has 0 aromatic heterocycles. The van der Waals surface area contributed by atoms with Crippen LogP contribution in [0.5, 0.6) is 0 Å². The number of nitrogens with two attached hydrogens (primary N) is 1. The van der Waals surface area contributed by atoms with Crippen LogP contribution in [-0.2, 0) is 4.74 Å². The van der Waals surface area contributed by atoms with Crippen molar-refractivity contribution >= 4 is 0 Å². The number of hydrogen-bond acceptors (Lipinski definition) is 2. The van der Waals surface area contributed by atoms with Crippen molar-refractivity contribution in [2.45, 2.75) is 76.7 Å². The lowest BCUT2D eigenvalue weighted by molar-refractivity contribution is -0.110. The Kier molecular flexibility index (Phi) is 4.72. The molecule has 1 saturated heterocycles. The summed E-state index contributed by atoms with van der Waals surface area (Å²) in [6.45, 7) is 4.29. The molecule has 4 atom stereocenters. The number of rotatable bonds is 3. The number of hydrogen-bond donors (Lipinski definition) is 1. The Morgan fingerprint density at radius 2 is 1.95 bits per heavy atom. The predicted molar refractivity (Wildman–Crippen MR) is 83.5 cm³/mol. The van der Waals surface area contributed by atoms with Gasteiger partial charge >= 0.3 is 0 Å². The van der Waals surface area contributed by atoms with Crippen LogP contribution in [0.2, 0.25) is 0 Å². The van der Waals surface area contributed by atoms with Gasteiger partial charge in [-0.05, 0) is 68.7 Å². The molecular weight excluding hydrogens is 246 g/mol. The first-order valence-corrected chi connectivity index (χ1v) is 9.10. The standard InChI is InChI=1S/C18H33NO/c1-2-14-5-6-16(13-19)17(11-14)15-7-10-20-18(12-15)8-3-4-9-18/h14-17H,2-13,19H2,1H3. The molecule has 2 nitrogen and oxygen atoms in total. The van der Waals surface area contributed by atoms with E-state index in [2.05, 4.69) is 6.92 Å². The lowest BCUT2D eigenvalue weighted by atomic mass is 9.64. The smallest absolute Gasteiger partial charge is 0.0685 e. The van der Waals surface area contributed by atoms with E-state index in [1.807, 2.05) is 0 Å². The van der Waals surface area contributed by atoms with Gasteiger partial charge in [0, 0.05) is 6.61 Å². The molecule has 0 radical (unpaired) electrons. The van der Waals surface area contributed by atoms with E-state index >= 15 is 0 Å². The van der Waals surface area contributed by atoms with Crippen molar-refractivity contribution in [2.24, 2.45) is 29.4 Å². The summed E-state index contributed by atoms with van der Waals surface area (Å²) in [6, 6.07) is 0.